The van der Waals surface area contributed by atoms with Crippen molar-refractivity contribution in [2.75, 3.05) is 12.4 Å². The molecule has 26 heavy (non-hydrogen) atoms. The normalized spacial score (nSPS) is 19.5. The summed E-state index contributed by atoms with van der Waals surface area (Å²) in [4.78, 5) is 12.2. The number of anilines is 1. The van der Waals surface area contributed by atoms with Crippen LogP contribution in [0, 0.1) is 5.82 Å². The van der Waals surface area contributed by atoms with Crippen molar-refractivity contribution in [3.63, 3.8) is 0 Å². The summed E-state index contributed by atoms with van der Waals surface area (Å²) in [6.45, 7) is 0. The number of methoxy groups -OCH3 is 1. The fraction of sp³-hybridized carbons (Fsp3) is 0.350. The molecule has 0 radical (unpaired) electrons. The van der Waals surface area contributed by atoms with Gasteiger partial charge in [-0.1, -0.05) is 6.07 Å². The number of hydrogen-bond donors (Lipinski definition) is 2. The number of hydrogen-bond acceptors (Lipinski definition) is 3. The Balaban J connectivity index is 1.43. The van der Waals surface area contributed by atoms with Crippen molar-refractivity contribution in [3.05, 3.63) is 54.3 Å². The quantitative estimate of drug-likeness (QED) is 0.836. The third-order valence-electron chi connectivity index (χ3n) is 4.45. The van der Waals surface area contributed by atoms with E-state index in [2.05, 4.69) is 10.6 Å². The number of ether oxygens (including phenoxy) is 2. The number of benzene rings is 2. The molecule has 138 valence electrons. The van der Waals surface area contributed by atoms with E-state index in [1.165, 1.54) is 12.1 Å². The first-order valence-electron chi connectivity index (χ1n) is 8.76. The first kappa shape index (κ1) is 18.0. The molecule has 0 aromatic heterocycles. The van der Waals surface area contributed by atoms with Crippen molar-refractivity contribution < 1.29 is 18.7 Å². The maximum atomic E-state index is 12.9. The van der Waals surface area contributed by atoms with E-state index in [0.717, 1.165) is 25.7 Å². The van der Waals surface area contributed by atoms with Gasteiger partial charge in [-0.25, -0.2) is 9.18 Å². The van der Waals surface area contributed by atoms with Gasteiger partial charge in [0.1, 0.15) is 17.3 Å². The van der Waals surface area contributed by atoms with E-state index < -0.39 is 0 Å². The van der Waals surface area contributed by atoms with Crippen molar-refractivity contribution in [2.24, 2.45) is 0 Å². The van der Waals surface area contributed by atoms with E-state index in [9.17, 15) is 9.18 Å². The summed E-state index contributed by atoms with van der Waals surface area (Å²) in [6, 6.07) is 13.2. The molecule has 3 rings (SSSR count). The Bertz CT molecular complexity index is 728. The highest BCUT2D eigenvalue weighted by Gasteiger charge is 2.23. The van der Waals surface area contributed by atoms with E-state index in [-0.39, 0.29) is 24.0 Å². The van der Waals surface area contributed by atoms with Gasteiger partial charge in [-0.3, -0.25) is 0 Å². The van der Waals surface area contributed by atoms with Crippen LogP contribution < -0.4 is 20.1 Å². The molecule has 2 amide bonds. The van der Waals surface area contributed by atoms with E-state index >= 15 is 0 Å². The Morgan fingerprint density at radius 2 is 1.77 bits per heavy atom. The van der Waals surface area contributed by atoms with Crippen LogP contribution in [0.5, 0.6) is 11.5 Å². The molecule has 0 bridgehead atoms. The average molecular weight is 358 g/mol. The molecule has 1 fully saturated rings. The summed E-state index contributed by atoms with van der Waals surface area (Å²) in [5.74, 6) is 1.10. The molecule has 1 aliphatic rings. The minimum Gasteiger partial charge on any atom is -0.497 e. The predicted molar refractivity (Wildman–Crippen MR) is 98.2 cm³/mol. The van der Waals surface area contributed by atoms with Gasteiger partial charge in [0.25, 0.3) is 0 Å². The third-order valence-corrected chi connectivity index (χ3v) is 4.45. The number of amides is 2. The minimum atomic E-state index is -0.271. The minimum absolute atomic E-state index is 0.0972. The van der Waals surface area contributed by atoms with Gasteiger partial charge in [0.2, 0.25) is 0 Å². The predicted octanol–water partition coefficient (Wildman–Crippen LogP) is 4.35. The van der Waals surface area contributed by atoms with Gasteiger partial charge in [-0.05, 0) is 62.1 Å². The van der Waals surface area contributed by atoms with Gasteiger partial charge in [0.15, 0.2) is 0 Å². The maximum Gasteiger partial charge on any atom is 0.319 e. The molecule has 0 atom stereocenters. The molecule has 2 aromatic rings. The van der Waals surface area contributed by atoms with Crippen molar-refractivity contribution in [2.45, 2.75) is 37.8 Å². The molecule has 0 saturated heterocycles. The Hall–Kier alpha value is -2.76. The summed E-state index contributed by atoms with van der Waals surface area (Å²) in [5, 5.41) is 5.82. The van der Waals surface area contributed by atoms with Gasteiger partial charge in [0.05, 0.1) is 13.2 Å². The van der Waals surface area contributed by atoms with Gasteiger partial charge in [-0.15, -0.1) is 0 Å². The van der Waals surface area contributed by atoms with Crippen LogP contribution in [-0.2, 0) is 0 Å². The second-order valence-electron chi connectivity index (χ2n) is 6.38. The Morgan fingerprint density at radius 3 is 2.46 bits per heavy atom. The zero-order valence-corrected chi connectivity index (χ0v) is 14.7. The Morgan fingerprint density at radius 1 is 1.04 bits per heavy atom. The van der Waals surface area contributed by atoms with Crippen LogP contribution >= 0.6 is 0 Å². The lowest BCUT2D eigenvalue weighted by molar-refractivity contribution is 0.141. The molecule has 6 heteroatoms. The lowest BCUT2D eigenvalue weighted by Gasteiger charge is -2.29. The smallest absolute Gasteiger partial charge is 0.319 e. The van der Waals surface area contributed by atoms with Gasteiger partial charge >= 0.3 is 6.03 Å². The first-order valence-corrected chi connectivity index (χ1v) is 8.76. The molecule has 1 saturated carbocycles. The van der Waals surface area contributed by atoms with Crippen LogP contribution in [0.4, 0.5) is 14.9 Å². The highest BCUT2D eigenvalue weighted by atomic mass is 19.1. The Kier molecular flexibility index (Phi) is 5.94. The zero-order chi connectivity index (χ0) is 18.4. The summed E-state index contributed by atoms with van der Waals surface area (Å²) >= 11 is 0. The molecule has 2 aromatic carbocycles. The third kappa shape index (κ3) is 5.12. The van der Waals surface area contributed by atoms with Gasteiger partial charge < -0.3 is 20.1 Å². The van der Waals surface area contributed by atoms with Crippen LogP contribution in [0.15, 0.2) is 48.5 Å². The van der Waals surface area contributed by atoms with Gasteiger partial charge in [-0.2, -0.15) is 0 Å². The molecule has 5 nitrogen and oxygen atoms in total. The number of nitrogens with one attached hydrogen (secondary N) is 2. The summed E-state index contributed by atoms with van der Waals surface area (Å²) in [7, 11) is 1.59. The Labute approximate surface area is 152 Å². The molecule has 2 N–H and O–H groups in total. The second-order valence-corrected chi connectivity index (χ2v) is 6.38. The van der Waals surface area contributed by atoms with E-state index in [1.807, 2.05) is 18.2 Å². The standard InChI is InChI=1S/C20H23FN2O3/c1-25-19-4-2-3-16(13-19)23-20(24)22-15-7-11-18(12-8-15)26-17-9-5-14(21)6-10-17/h2-6,9-10,13,15,18H,7-8,11-12H2,1H3,(H2,22,23,24)/t15-,18+. The largest absolute Gasteiger partial charge is 0.497 e. The fourth-order valence-corrected chi connectivity index (χ4v) is 3.08. The molecule has 0 aliphatic heterocycles. The van der Waals surface area contributed by atoms with Gasteiger partial charge in [0, 0.05) is 17.8 Å². The highest BCUT2D eigenvalue weighted by molar-refractivity contribution is 5.89. The molecular weight excluding hydrogens is 335 g/mol. The summed E-state index contributed by atoms with van der Waals surface area (Å²) in [6.07, 6.45) is 3.48. The SMILES string of the molecule is COc1cccc(NC(=O)N[C@H]2CC[C@@H](Oc3ccc(F)cc3)CC2)c1. The van der Waals surface area contributed by atoms with Crippen molar-refractivity contribution in [1.82, 2.24) is 5.32 Å². The number of urea groups is 1. The van der Waals surface area contributed by atoms with E-state index in [4.69, 9.17) is 9.47 Å². The number of halogens is 1. The first-order chi connectivity index (χ1) is 12.6. The van der Waals surface area contributed by atoms with Crippen LogP contribution in [0.1, 0.15) is 25.7 Å². The number of rotatable bonds is 5. The lowest BCUT2D eigenvalue weighted by atomic mass is 9.93. The van der Waals surface area contributed by atoms with Crippen LogP contribution in [0.2, 0.25) is 0 Å². The van der Waals surface area contributed by atoms with E-state index in [1.54, 1.807) is 25.3 Å². The number of carbonyl (C=O) groups excluding carboxylic acids is 1. The molecule has 0 unspecified atom stereocenters. The number of carbonyl (C=O) groups is 1. The lowest BCUT2D eigenvalue weighted by Crippen LogP contribution is -2.41. The van der Waals surface area contributed by atoms with E-state index in [0.29, 0.717) is 17.2 Å². The highest BCUT2D eigenvalue weighted by Crippen LogP contribution is 2.24. The fourth-order valence-electron chi connectivity index (χ4n) is 3.08. The maximum absolute atomic E-state index is 12.9. The second kappa shape index (κ2) is 8.56. The zero-order valence-electron chi connectivity index (χ0n) is 14.7. The molecule has 1 aliphatic carbocycles. The van der Waals surface area contributed by atoms with Crippen molar-refractivity contribution >= 4 is 11.7 Å². The molecule has 0 heterocycles. The average Bonchev–Trinajstić information content (AvgIpc) is 2.65. The van der Waals surface area contributed by atoms with Crippen molar-refractivity contribution in [3.8, 4) is 11.5 Å². The summed E-state index contributed by atoms with van der Waals surface area (Å²) < 4.78 is 24.0. The topological polar surface area (TPSA) is 59.6 Å². The molecule has 0 spiro atoms. The van der Waals surface area contributed by atoms with Crippen molar-refractivity contribution in [1.29, 1.82) is 0 Å². The molecular formula is C20H23FN2O3. The monoisotopic (exact) mass is 358 g/mol. The van der Waals surface area contributed by atoms with Crippen LogP contribution in [0.3, 0.4) is 0 Å². The van der Waals surface area contributed by atoms with Crippen LogP contribution in [0.25, 0.3) is 0 Å². The summed E-state index contributed by atoms with van der Waals surface area (Å²) in [5.41, 5.74) is 0.690. The van der Waals surface area contributed by atoms with Crippen LogP contribution in [-0.4, -0.2) is 25.3 Å².